The average Bonchev–Trinajstić information content (AvgIpc) is 3.36. The fraction of sp³-hybridized carbons (Fsp3) is 0.312. The van der Waals surface area contributed by atoms with E-state index in [4.69, 9.17) is 0 Å². The van der Waals surface area contributed by atoms with Gasteiger partial charge in [-0.3, -0.25) is 14.1 Å². The number of carbonyl (C=O) groups is 2. The van der Waals surface area contributed by atoms with E-state index in [2.05, 4.69) is 77.1 Å². The predicted octanol–water partition coefficient (Wildman–Crippen LogP) is 4.12. The van der Waals surface area contributed by atoms with Crippen LogP contribution in [-0.4, -0.2) is 74.6 Å². The van der Waals surface area contributed by atoms with E-state index in [9.17, 15) is 14.7 Å². The minimum Gasteiger partial charge on any atom is -0.478 e. The van der Waals surface area contributed by atoms with Crippen molar-refractivity contribution in [3.05, 3.63) is 94.4 Å². The second kappa shape index (κ2) is 11.5. The maximum atomic E-state index is 13.2. The fourth-order valence-electron chi connectivity index (χ4n) is 4.97. The number of hydrogen-bond acceptors (Lipinski definition) is 6. The number of aromatic nitrogens is 3. The number of hydrogen-bond donors (Lipinski definition) is 2. The lowest BCUT2D eigenvalue weighted by molar-refractivity contribution is 0.0698. The van der Waals surface area contributed by atoms with Crippen molar-refractivity contribution in [1.82, 2.24) is 24.4 Å². The van der Waals surface area contributed by atoms with E-state index in [1.165, 1.54) is 21.6 Å². The summed E-state index contributed by atoms with van der Waals surface area (Å²) in [6.45, 7) is 11.7. The lowest BCUT2D eigenvalue weighted by atomic mass is 9.83. The monoisotopic (exact) mass is 550 g/mol. The number of aromatic carboxylic acids is 1. The van der Waals surface area contributed by atoms with Crippen molar-refractivity contribution in [3.63, 3.8) is 0 Å². The van der Waals surface area contributed by atoms with Gasteiger partial charge in [-0.25, -0.2) is 4.79 Å². The summed E-state index contributed by atoms with van der Waals surface area (Å²) in [5.74, 6) is 4.96. The number of benzene rings is 2. The highest BCUT2D eigenvalue weighted by Crippen LogP contribution is 2.30. The Balaban J connectivity index is 1.33. The Kier molecular flexibility index (Phi) is 7.88. The van der Waals surface area contributed by atoms with Gasteiger partial charge in [-0.1, -0.05) is 38.8 Å². The highest BCUT2D eigenvalue weighted by Gasteiger charge is 2.22. The molecule has 2 N–H and O–H groups in total. The number of anilines is 1. The molecule has 1 amide bonds. The molecule has 0 atom stereocenters. The molecule has 1 fully saturated rings. The molecule has 41 heavy (non-hydrogen) atoms. The Morgan fingerprint density at radius 2 is 1.76 bits per heavy atom. The molecule has 9 heteroatoms. The van der Waals surface area contributed by atoms with Gasteiger partial charge in [-0.15, -0.1) is 10.2 Å². The highest BCUT2D eigenvalue weighted by molar-refractivity contribution is 6.04. The van der Waals surface area contributed by atoms with Gasteiger partial charge in [0.2, 0.25) is 5.82 Å². The Hall–Kier alpha value is -4.52. The molecule has 210 valence electrons. The van der Waals surface area contributed by atoms with Gasteiger partial charge in [0, 0.05) is 55.7 Å². The zero-order chi connectivity index (χ0) is 29.1. The number of nitrogens with zero attached hydrogens (tertiary/aromatic N) is 5. The Bertz CT molecular complexity index is 1670. The van der Waals surface area contributed by atoms with Crippen molar-refractivity contribution in [2.75, 3.05) is 38.5 Å². The van der Waals surface area contributed by atoms with Gasteiger partial charge in [0.15, 0.2) is 5.65 Å². The third-order valence-corrected chi connectivity index (χ3v) is 7.27. The highest BCUT2D eigenvalue weighted by atomic mass is 16.4. The van der Waals surface area contributed by atoms with E-state index in [-0.39, 0.29) is 22.5 Å². The Morgan fingerprint density at radius 1 is 0.976 bits per heavy atom. The first-order chi connectivity index (χ1) is 19.6. The van der Waals surface area contributed by atoms with Gasteiger partial charge < -0.3 is 15.3 Å². The summed E-state index contributed by atoms with van der Waals surface area (Å²) >= 11 is 0. The van der Waals surface area contributed by atoms with E-state index in [1.54, 1.807) is 36.5 Å². The predicted molar refractivity (Wildman–Crippen MR) is 158 cm³/mol. The molecule has 0 saturated carbocycles. The van der Waals surface area contributed by atoms with Gasteiger partial charge in [0.1, 0.15) is 5.56 Å². The Labute approximate surface area is 239 Å². The minimum absolute atomic E-state index is 0.0497. The number of carboxylic acids is 1. The molecule has 2 aromatic carbocycles. The number of carbonyl (C=O) groups excluding carboxylic acids is 1. The molecular formula is C32H34N6O3. The second-order valence-electron chi connectivity index (χ2n) is 11.4. The van der Waals surface area contributed by atoms with Gasteiger partial charge in [0.25, 0.3) is 5.91 Å². The van der Waals surface area contributed by atoms with Gasteiger partial charge in [0.05, 0.1) is 0 Å². The molecule has 9 nitrogen and oxygen atoms in total. The topological polar surface area (TPSA) is 103 Å². The quantitative estimate of drug-likeness (QED) is 0.360. The maximum absolute atomic E-state index is 13.2. The van der Waals surface area contributed by atoms with Crippen molar-refractivity contribution in [2.45, 2.75) is 32.7 Å². The van der Waals surface area contributed by atoms with Crippen LogP contribution in [0, 0.1) is 11.8 Å². The largest absolute Gasteiger partial charge is 0.478 e. The van der Waals surface area contributed by atoms with Crippen LogP contribution in [0.1, 0.15) is 64.0 Å². The number of amides is 1. The number of likely N-dealkylation sites (N-methyl/N-ethyl adjacent to an activating group) is 1. The van der Waals surface area contributed by atoms with Crippen molar-refractivity contribution in [1.29, 1.82) is 0 Å². The summed E-state index contributed by atoms with van der Waals surface area (Å²) in [6.07, 6.45) is 1.66. The van der Waals surface area contributed by atoms with E-state index in [1.807, 2.05) is 6.07 Å². The van der Waals surface area contributed by atoms with Gasteiger partial charge >= 0.3 is 5.97 Å². The average molecular weight is 551 g/mol. The lowest BCUT2D eigenvalue weighted by Crippen LogP contribution is -2.44. The molecule has 4 aromatic rings. The van der Waals surface area contributed by atoms with Gasteiger partial charge in [-0.05, 0) is 72.0 Å². The Morgan fingerprint density at radius 3 is 2.49 bits per heavy atom. The fourth-order valence-corrected chi connectivity index (χ4v) is 4.97. The smallest absolute Gasteiger partial charge is 0.339 e. The first kappa shape index (κ1) is 28.0. The van der Waals surface area contributed by atoms with Crippen LogP contribution < -0.4 is 5.32 Å². The molecule has 0 unspecified atom stereocenters. The van der Waals surface area contributed by atoms with Crippen LogP contribution in [0.2, 0.25) is 0 Å². The molecule has 0 spiro atoms. The van der Waals surface area contributed by atoms with Crippen LogP contribution >= 0.6 is 0 Å². The van der Waals surface area contributed by atoms with Crippen LogP contribution in [0.4, 0.5) is 5.69 Å². The molecule has 0 radical (unpaired) electrons. The van der Waals surface area contributed by atoms with E-state index in [0.717, 1.165) is 38.4 Å². The number of carboxylic acid groups (broad SMARTS) is 1. The molecule has 1 saturated heterocycles. The van der Waals surface area contributed by atoms with Crippen LogP contribution in [0.5, 0.6) is 0 Å². The summed E-state index contributed by atoms with van der Waals surface area (Å²) in [5, 5.41) is 20.4. The van der Waals surface area contributed by atoms with Crippen molar-refractivity contribution in [3.8, 4) is 11.8 Å². The lowest BCUT2D eigenvalue weighted by Gasteiger charge is -2.34. The molecule has 3 heterocycles. The molecule has 2 aromatic heterocycles. The number of pyridine rings is 1. The molecule has 1 aliphatic rings. The molecule has 0 aliphatic carbocycles. The molecule has 5 rings (SSSR count). The standard InChI is InChI=1S/C32H34N6O3/c1-32(2,3)27-20-25(12-11-24(27)21-37-17-15-36(4)16-18-37)33-30(39)23-8-5-7-22(19-23)10-13-28-34-35-29-26(31(40)41)9-6-14-38(28)29/h5-9,11-12,14,19-20H,15-18,21H2,1-4H3,(H,33,39)(H,40,41). The summed E-state index contributed by atoms with van der Waals surface area (Å²) in [7, 11) is 2.16. The summed E-state index contributed by atoms with van der Waals surface area (Å²) in [5.41, 5.74) is 4.57. The number of fused-ring (bicyclic) bond motifs is 1. The van der Waals surface area contributed by atoms with Crippen LogP contribution in [-0.2, 0) is 12.0 Å². The van der Waals surface area contributed by atoms with E-state index >= 15 is 0 Å². The van der Waals surface area contributed by atoms with E-state index in [0.29, 0.717) is 17.0 Å². The molecule has 0 bridgehead atoms. The van der Waals surface area contributed by atoms with Crippen molar-refractivity contribution >= 4 is 23.2 Å². The molecular weight excluding hydrogens is 516 g/mol. The zero-order valence-corrected chi connectivity index (χ0v) is 23.8. The second-order valence-corrected chi connectivity index (χ2v) is 11.4. The van der Waals surface area contributed by atoms with Crippen LogP contribution in [0.25, 0.3) is 5.65 Å². The third kappa shape index (κ3) is 6.46. The normalized spacial score (nSPS) is 14.4. The number of rotatable bonds is 5. The summed E-state index contributed by atoms with van der Waals surface area (Å²) in [6, 6.07) is 16.3. The zero-order valence-electron chi connectivity index (χ0n) is 23.8. The summed E-state index contributed by atoms with van der Waals surface area (Å²) in [4.78, 5) is 29.5. The maximum Gasteiger partial charge on any atom is 0.339 e. The third-order valence-electron chi connectivity index (χ3n) is 7.27. The summed E-state index contributed by atoms with van der Waals surface area (Å²) < 4.78 is 1.53. The van der Waals surface area contributed by atoms with Crippen LogP contribution in [0.15, 0.2) is 60.8 Å². The first-order valence-electron chi connectivity index (χ1n) is 13.6. The van der Waals surface area contributed by atoms with E-state index < -0.39 is 5.97 Å². The van der Waals surface area contributed by atoms with Gasteiger partial charge in [-0.2, -0.15) is 0 Å². The first-order valence-corrected chi connectivity index (χ1v) is 13.6. The van der Waals surface area contributed by atoms with Crippen LogP contribution in [0.3, 0.4) is 0 Å². The molecule has 1 aliphatic heterocycles. The van der Waals surface area contributed by atoms with Crippen molar-refractivity contribution < 1.29 is 14.7 Å². The SMILES string of the molecule is CN1CCN(Cc2ccc(NC(=O)c3cccc(C#Cc4nnc5c(C(=O)O)cccn45)c3)cc2C(C)(C)C)CC1. The minimum atomic E-state index is -1.08. The number of nitrogens with one attached hydrogen (secondary N) is 1. The number of piperazine rings is 1. The van der Waals surface area contributed by atoms with Crippen molar-refractivity contribution in [2.24, 2.45) is 0 Å².